The first-order valence-corrected chi connectivity index (χ1v) is 8.13. The number of hydrogen-bond donors (Lipinski definition) is 1. The van der Waals surface area contributed by atoms with E-state index in [1.807, 2.05) is 70.2 Å². The van der Waals surface area contributed by atoms with E-state index >= 15 is 0 Å². The number of amides is 1. The zero-order valence-corrected chi connectivity index (χ0v) is 14.8. The Morgan fingerprint density at radius 1 is 1.00 bits per heavy atom. The number of carbonyl (C=O) groups is 1. The lowest BCUT2D eigenvalue weighted by molar-refractivity contribution is -0.123. The number of para-hydroxylation sites is 1. The van der Waals surface area contributed by atoms with Crippen LogP contribution in [0.2, 0.25) is 0 Å². The molecule has 0 spiro atoms. The van der Waals surface area contributed by atoms with Crippen LogP contribution in [0.5, 0.6) is 11.5 Å². The minimum atomic E-state index is -0.158. The second kappa shape index (κ2) is 8.39. The van der Waals surface area contributed by atoms with Crippen LogP contribution in [0, 0.1) is 20.8 Å². The second-order valence-electron chi connectivity index (χ2n) is 6.08. The molecule has 4 heteroatoms. The van der Waals surface area contributed by atoms with E-state index in [0.29, 0.717) is 12.4 Å². The molecule has 0 aliphatic carbocycles. The number of hydrogen-bond acceptors (Lipinski definition) is 3. The molecule has 1 atom stereocenters. The SMILES string of the molecule is Cc1ccc(OCC(=O)N[C@H](C)COc2ccccc2C)cc1C. The van der Waals surface area contributed by atoms with Crippen LogP contribution < -0.4 is 14.8 Å². The van der Waals surface area contributed by atoms with Gasteiger partial charge in [0.1, 0.15) is 18.1 Å². The lowest BCUT2D eigenvalue weighted by atomic mass is 10.1. The third kappa shape index (κ3) is 5.30. The Morgan fingerprint density at radius 3 is 2.46 bits per heavy atom. The summed E-state index contributed by atoms with van der Waals surface area (Å²) in [4.78, 5) is 12.0. The van der Waals surface area contributed by atoms with Gasteiger partial charge in [0.25, 0.3) is 5.91 Å². The van der Waals surface area contributed by atoms with Crippen LogP contribution in [0.1, 0.15) is 23.6 Å². The highest BCUT2D eigenvalue weighted by Crippen LogP contribution is 2.17. The van der Waals surface area contributed by atoms with Gasteiger partial charge in [-0.1, -0.05) is 24.3 Å². The molecule has 1 amide bonds. The van der Waals surface area contributed by atoms with Crippen molar-refractivity contribution in [3.8, 4) is 11.5 Å². The molecule has 0 bridgehead atoms. The Balaban J connectivity index is 1.75. The zero-order chi connectivity index (χ0) is 17.5. The number of carbonyl (C=O) groups excluding carboxylic acids is 1. The summed E-state index contributed by atoms with van der Waals surface area (Å²) in [5.74, 6) is 1.39. The fourth-order valence-corrected chi connectivity index (χ4v) is 2.24. The van der Waals surface area contributed by atoms with E-state index in [9.17, 15) is 4.79 Å². The molecule has 4 nitrogen and oxygen atoms in total. The van der Waals surface area contributed by atoms with E-state index in [1.165, 1.54) is 5.56 Å². The van der Waals surface area contributed by atoms with E-state index in [0.717, 1.165) is 16.9 Å². The minimum absolute atomic E-state index is 0.00277. The molecule has 0 saturated carbocycles. The summed E-state index contributed by atoms with van der Waals surface area (Å²) in [6.07, 6.45) is 0. The molecule has 0 unspecified atom stereocenters. The van der Waals surface area contributed by atoms with Gasteiger partial charge in [-0.05, 0) is 62.6 Å². The van der Waals surface area contributed by atoms with Crippen molar-refractivity contribution < 1.29 is 14.3 Å². The highest BCUT2D eigenvalue weighted by atomic mass is 16.5. The highest BCUT2D eigenvalue weighted by molar-refractivity contribution is 5.77. The quantitative estimate of drug-likeness (QED) is 0.845. The first-order valence-electron chi connectivity index (χ1n) is 8.13. The standard InChI is InChI=1S/C20H25NO3/c1-14-9-10-18(11-16(14)3)23-13-20(22)21-17(4)12-24-19-8-6-5-7-15(19)2/h5-11,17H,12-13H2,1-4H3,(H,21,22)/t17-/m1/s1. The molecule has 2 rings (SSSR count). The fourth-order valence-electron chi connectivity index (χ4n) is 2.24. The van der Waals surface area contributed by atoms with Gasteiger partial charge in [0.2, 0.25) is 0 Å². The molecule has 24 heavy (non-hydrogen) atoms. The molecule has 0 aliphatic rings. The van der Waals surface area contributed by atoms with E-state index in [2.05, 4.69) is 5.32 Å². The summed E-state index contributed by atoms with van der Waals surface area (Å²) in [5, 5.41) is 2.88. The molecule has 128 valence electrons. The molecule has 0 fully saturated rings. The number of benzene rings is 2. The molecule has 0 heterocycles. The van der Waals surface area contributed by atoms with Crippen LogP contribution in [0.4, 0.5) is 0 Å². The molecule has 0 radical (unpaired) electrons. The number of nitrogens with one attached hydrogen (secondary N) is 1. The van der Waals surface area contributed by atoms with Crippen molar-refractivity contribution in [1.29, 1.82) is 0 Å². The molecule has 1 N–H and O–H groups in total. The predicted molar refractivity (Wildman–Crippen MR) is 95.7 cm³/mol. The minimum Gasteiger partial charge on any atom is -0.491 e. The third-order valence-corrected chi connectivity index (χ3v) is 3.84. The van der Waals surface area contributed by atoms with Gasteiger partial charge < -0.3 is 14.8 Å². The maximum Gasteiger partial charge on any atom is 0.258 e. The average Bonchev–Trinajstić information content (AvgIpc) is 2.55. The highest BCUT2D eigenvalue weighted by Gasteiger charge is 2.10. The predicted octanol–water partition coefficient (Wildman–Crippen LogP) is 3.57. The van der Waals surface area contributed by atoms with Gasteiger partial charge in [-0.2, -0.15) is 0 Å². The van der Waals surface area contributed by atoms with E-state index in [-0.39, 0.29) is 18.6 Å². The maximum atomic E-state index is 12.0. The van der Waals surface area contributed by atoms with Crippen LogP contribution in [0.15, 0.2) is 42.5 Å². The Bertz CT molecular complexity index is 697. The Hall–Kier alpha value is -2.49. The van der Waals surface area contributed by atoms with E-state index in [4.69, 9.17) is 9.47 Å². The van der Waals surface area contributed by atoms with E-state index in [1.54, 1.807) is 0 Å². The van der Waals surface area contributed by atoms with Gasteiger partial charge in [0.05, 0.1) is 6.04 Å². The Kier molecular flexibility index (Phi) is 6.24. The van der Waals surface area contributed by atoms with E-state index < -0.39 is 0 Å². The van der Waals surface area contributed by atoms with Crippen molar-refractivity contribution in [2.24, 2.45) is 0 Å². The molecule has 0 aromatic heterocycles. The molecular weight excluding hydrogens is 302 g/mol. The van der Waals surface area contributed by atoms with Crippen LogP contribution >= 0.6 is 0 Å². The monoisotopic (exact) mass is 327 g/mol. The third-order valence-electron chi connectivity index (χ3n) is 3.84. The van der Waals surface area contributed by atoms with Crippen LogP contribution in [-0.2, 0) is 4.79 Å². The smallest absolute Gasteiger partial charge is 0.258 e. The normalized spacial score (nSPS) is 11.7. The first-order chi connectivity index (χ1) is 11.5. The zero-order valence-electron chi connectivity index (χ0n) is 14.8. The molecule has 2 aromatic carbocycles. The molecular formula is C20H25NO3. The molecule has 0 saturated heterocycles. The largest absolute Gasteiger partial charge is 0.491 e. The van der Waals surface area contributed by atoms with Crippen molar-refractivity contribution in [2.75, 3.05) is 13.2 Å². The van der Waals surface area contributed by atoms with Crippen LogP contribution in [0.3, 0.4) is 0 Å². The summed E-state index contributed by atoms with van der Waals surface area (Å²) in [7, 11) is 0. The fraction of sp³-hybridized carbons (Fsp3) is 0.350. The molecule has 0 aliphatic heterocycles. The summed E-state index contributed by atoms with van der Waals surface area (Å²) in [6, 6.07) is 13.5. The van der Waals surface area contributed by atoms with Crippen molar-refractivity contribution in [1.82, 2.24) is 5.32 Å². The van der Waals surface area contributed by atoms with Gasteiger partial charge >= 0.3 is 0 Å². The number of aryl methyl sites for hydroxylation is 3. The summed E-state index contributed by atoms with van der Waals surface area (Å²) >= 11 is 0. The Morgan fingerprint density at radius 2 is 1.75 bits per heavy atom. The lowest BCUT2D eigenvalue weighted by Crippen LogP contribution is -2.39. The topological polar surface area (TPSA) is 47.6 Å². The van der Waals surface area contributed by atoms with Gasteiger partial charge in [0, 0.05) is 0 Å². The summed E-state index contributed by atoms with van der Waals surface area (Å²) in [5.41, 5.74) is 3.43. The van der Waals surface area contributed by atoms with Crippen molar-refractivity contribution in [3.05, 3.63) is 59.2 Å². The van der Waals surface area contributed by atoms with Crippen LogP contribution in [0.25, 0.3) is 0 Å². The van der Waals surface area contributed by atoms with Gasteiger partial charge in [-0.15, -0.1) is 0 Å². The molecule has 2 aromatic rings. The van der Waals surface area contributed by atoms with Crippen molar-refractivity contribution in [2.45, 2.75) is 33.7 Å². The van der Waals surface area contributed by atoms with Gasteiger partial charge in [-0.25, -0.2) is 0 Å². The summed E-state index contributed by atoms with van der Waals surface area (Å²) < 4.78 is 11.3. The second-order valence-corrected chi connectivity index (χ2v) is 6.08. The number of ether oxygens (including phenoxy) is 2. The van der Waals surface area contributed by atoms with Gasteiger partial charge in [-0.3, -0.25) is 4.79 Å². The first kappa shape index (κ1) is 17.9. The van der Waals surface area contributed by atoms with Gasteiger partial charge in [0.15, 0.2) is 6.61 Å². The Labute approximate surface area is 143 Å². The summed E-state index contributed by atoms with van der Waals surface area (Å²) in [6.45, 7) is 8.38. The van der Waals surface area contributed by atoms with Crippen molar-refractivity contribution in [3.63, 3.8) is 0 Å². The number of rotatable bonds is 7. The average molecular weight is 327 g/mol. The maximum absolute atomic E-state index is 12.0. The lowest BCUT2D eigenvalue weighted by Gasteiger charge is -2.16. The van der Waals surface area contributed by atoms with Crippen molar-refractivity contribution >= 4 is 5.91 Å². The van der Waals surface area contributed by atoms with Crippen LogP contribution in [-0.4, -0.2) is 25.2 Å².